The second-order valence-corrected chi connectivity index (χ2v) is 7.29. The fraction of sp³-hybridized carbons (Fsp3) is 0.350. The average Bonchev–Trinajstić information content (AvgIpc) is 3.32. The summed E-state index contributed by atoms with van der Waals surface area (Å²) in [4.78, 5) is 27.2. The van der Waals surface area contributed by atoms with Crippen molar-refractivity contribution in [2.45, 2.75) is 43.7 Å². The van der Waals surface area contributed by atoms with E-state index in [1.807, 2.05) is 17.0 Å². The van der Waals surface area contributed by atoms with Gasteiger partial charge in [0, 0.05) is 42.2 Å². The van der Waals surface area contributed by atoms with Crippen LogP contribution in [0, 0.1) is 5.82 Å². The Hall–Kier alpha value is -3.16. The Labute approximate surface area is 160 Å². The first-order chi connectivity index (χ1) is 13.7. The standard InChI is InChI=1S/C20H18FN5O2/c21-16-2-1-7-23-17(16)20(27)26-14-3-4-15(26)11-13(10-14)19-24-18(25-28-19)12-5-8-22-9-6-12/h1-2,5-9,13-15H,3-4,10-11H2/t13?,14-,15+. The van der Waals surface area contributed by atoms with Gasteiger partial charge in [-0.15, -0.1) is 0 Å². The van der Waals surface area contributed by atoms with Crippen molar-refractivity contribution in [3.05, 3.63) is 60.3 Å². The maximum Gasteiger partial charge on any atom is 0.275 e. The molecule has 2 bridgehead atoms. The number of aromatic nitrogens is 4. The molecule has 0 aromatic carbocycles. The highest BCUT2D eigenvalue weighted by molar-refractivity contribution is 5.93. The summed E-state index contributed by atoms with van der Waals surface area (Å²) < 4.78 is 19.6. The van der Waals surface area contributed by atoms with Crippen molar-refractivity contribution >= 4 is 5.91 Å². The summed E-state index contributed by atoms with van der Waals surface area (Å²) >= 11 is 0. The SMILES string of the molecule is O=C(c1ncccc1F)N1[C@@H]2CC[C@H]1CC(c1nc(-c3ccncc3)no1)C2. The highest BCUT2D eigenvalue weighted by Gasteiger charge is 2.46. The maximum absolute atomic E-state index is 14.0. The lowest BCUT2D eigenvalue weighted by atomic mass is 9.90. The van der Waals surface area contributed by atoms with Gasteiger partial charge in [-0.2, -0.15) is 4.98 Å². The summed E-state index contributed by atoms with van der Waals surface area (Å²) in [5.41, 5.74) is 0.752. The number of nitrogens with zero attached hydrogens (tertiary/aromatic N) is 5. The third kappa shape index (κ3) is 2.85. The second kappa shape index (κ2) is 6.78. The molecule has 2 aliphatic heterocycles. The molecule has 7 nitrogen and oxygen atoms in total. The maximum atomic E-state index is 14.0. The highest BCUT2D eigenvalue weighted by Crippen LogP contribution is 2.43. The van der Waals surface area contributed by atoms with Gasteiger partial charge in [0.25, 0.3) is 5.91 Å². The Morgan fingerprint density at radius 1 is 1.11 bits per heavy atom. The molecule has 1 unspecified atom stereocenters. The van der Waals surface area contributed by atoms with Crippen molar-refractivity contribution in [1.29, 1.82) is 0 Å². The number of fused-ring (bicyclic) bond motifs is 2. The van der Waals surface area contributed by atoms with E-state index < -0.39 is 5.82 Å². The van der Waals surface area contributed by atoms with E-state index in [1.165, 1.54) is 18.3 Å². The number of rotatable bonds is 3. The molecule has 0 radical (unpaired) electrons. The quantitative estimate of drug-likeness (QED) is 0.695. The summed E-state index contributed by atoms with van der Waals surface area (Å²) in [5.74, 6) is 0.330. The number of pyridine rings is 2. The first-order valence-corrected chi connectivity index (χ1v) is 9.38. The van der Waals surface area contributed by atoms with E-state index in [0.717, 1.165) is 31.2 Å². The number of halogens is 1. The largest absolute Gasteiger partial charge is 0.339 e. The number of amides is 1. The molecule has 5 rings (SSSR count). The zero-order valence-electron chi connectivity index (χ0n) is 15.0. The molecular formula is C20H18FN5O2. The Bertz CT molecular complexity index is 995. The van der Waals surface area contributed by atoms with Crippen LogP contribution in [0.4, 0.5) is 4.39 Å². The van der Waals surface area contributed by atoms with Gasteiger partial charge >= 0.3 is 0 Å². The van der Waals surface area contributed by atoms with Crippen LogP contribution in [0.1, 0.15) is 48.0 Å². The fourth-order valence-corrected chi connectivity index (χ4v) is 4.39. The summed E-state index contributed by atoms with van der Waals surface area (Å²) in [7, 11) is 0. The predicted octanol–water partition coefficient (Wildman–Crippen LogP) is 3.22. The first-order valence-electron chi connectivity index (χ1n) is 9.38. The molecule has 0 saturated carbocycles. The topological polar surface area (TPSA) is 85.0 Å². The third-order valence-corrected chi connectivity index (χ3v) is 5.66. The van der Waals surface area contributed by atoms with Crippen LogP contribution < -0.4 is 0 Å². The van der Waals surface area contributed by atoms with Crippen molar-refractivity contribution in [1.82, 2.24) is 25.0 Å². The molecule has 0 N–H and O–H groups in total. The normalized spacial score (nSPS) is 23.8. The minimum Gasteiger partial charge on any atom is -0.339 e. The van der Waals surface area contributed by atoms with Gasteiger partial charge in [0.05, 0.1) is 0 Å². The fourth-order valence-electron chi connectivity index (χ4n) is 4.39. The van der Waals surface area contributed by atoms with Crippen LogP contribution in [0.3, 0.4) is 0 Å². The van der Waals surface area contributed by atoms with Gasteiger partial charge < -0.3 is 9.42 Å². The van der Waals surface area contributed by atoms with Crippen LogP contribution in [0.15, 0.2) is 47.4 Å². The van der Waals surface area contributed by atoms with Crippen LogP contribution in [-0.4, -0.2) is 43.0 Å². The lowest BCUT2D eigenvalue weighted by Gasteiger charge is -2.37. The van der Waals surface area contributed by atoms with Gasteiger partial charge in [-0.3, -0.25) is 9.78 Å². The molecule has 3 aromatic heterocycles. The molecule has 2 fully saturated rings. The van der Waals surface area contributed by atoms with E-state index in [1.54, 1.807) is 12.4 Å². The number of hydrogen-bond acceptors (Lipinski definition) is 6. The molecule has 28 heavy (non-hydrogen) atoms. The van der Waals surface area contributed by atoms with Crippen LogP contribution >= 0.6 is 0 Å². The van der Waals surface area contributed by atoms with E-state index in [9.17, 15) is 9.18 Å². The van der Waals surface area contributed by atoms with Gasteiger partial charge in [-0.1, -0.05) is 5.16 Å². The molecule has 142 valence electrons. The Balaban J connectivity index is 1.36. The molecule has 2 aliphatic rings. The monoisotopic (exact) mass is 379 g/mol. The summed E-state index contributed by atoms with van der Waals surface area (Å²) in [6, 6.07) is 6.50. The molecule has 8 heteroatoms. The lowest BCUT2D eigenvalue weighted by Crippen LogP contribution is -2.46. The van der Waals surface area contributed by atoms with E-state index in [4.69, 9.17) is 4.52 Å². The highest BCUT2D eigenvalue weighted by atomic mass is 19.1. The smallest absolute Gasteiger partial charge is 0.275 e. The molecule has 0 aliphatic carbocycles. The minimum atomic E-state index is -0.576. The van der Waals surface area contributed by atoms with Gasteiger partial charge in [0.1, 0.15) is 0 Å². The van der Waals surface area contributed by atoms with Crippen molar-refractivity contribution < 1.29 is 13.7 Å². The third-order valence-electron chi connectivity index (χ3n) is 5.66. The number of carbonyl (C=O) groups is 1. The second-order valence-electron chi connectivity index (χ2n) is 7.29. The number of carbonyl (C=O) groups excluding carboxylic acids is 1. The first kappa shape index (κ1) is 17.0. The van der Waals surface area contributed by atoms with Gasteiger partial charge in [0.15, 0.2) is 11.5 Å². The van der Waals surface area contributed by atoms with E-state index in [-0.39, 0.29) is 29.6 Å². The average molecular weight is 379 g/mol. The van der Waals surface area contributed by atoms with Crippen molar-refractivity contribution in [3.63, 3.8) is 0 Å². The zero-order chi connectivity index (χ0) is 19.1. The Kier molecular flexibility index (Phi) is 4.11. The van der Waals surface area contributed by atoms with Crippen LogP contribution in [0.2, 0.25) is 0 Å². The van der Waals surface area contributed by atoms with Crippen LogP contribution in [-0.2, 0) is 0 Å². The van der Waals surface area contributed by atoms with Crippen molar-refractivity contribution in [2.24, 2.45) is 0 Å². The molecule has 0 spiro atoms. The van der Waals surface area contributed by atoms with Gasteiger partial charge in [-0.25, -0.2) is 9.37 Å². The Morgan fingerprint density at radius 2 is 1.86 bits per heavy atom. The lowest BCUT2D eigenvalue weighted by molar-refractivity contribution is 0.0543. The summed E-state index contributed by atoms with van der Waals surface area (Å²) in [5, 5.41) is 4.09. The molecular weight excluding hydrogens is 361 g/mol. The van der Waals surface area contributed by atoms with E-state index in [2.05, 4.69) is 20.1 Å². The zero-order valence-corrected chi connectivity index (χ0v) is 15.0. The summed E-state index contributed by atoms with van der Waals surface area (Å²) in [6.45, 7) is 0. The van der Waals surface area contributed by atoms with Gasteiger partial charge in [-0.05, 0) is 49.9 Å². The van der Waals surface area contributed by atoms with Crippen LogP contribution in [0.25, 0.3) is 11.4 Å². The predicted molar refractivity (Wildman–Crippen MR) is 96.7 cm³/mol. The van der Waals surface area contributed by atoms with Crippen LogP contribution in [0.5, 0.6) is 0 Å². The number of hydrogen-bond donors (Lipinski definition) is 0. The number of piperidine rings is 1. The molecule has 5 heterocycles. The van der Waals surface area contributed by atoms with Crippen molar-refractivity contribution in [2.75, 3.05) is 0 Å². The molecule has 2 saturated heterocycles. The van der Waals surface area contributed by atoms with Crippen molar-refractivity contribution in [3.8, 4) is 11.4 Å². The van der Waals surface area contributed by atoms with E-state index >= 15 is 0 Å². The molecule has 1 amide bonds. The minimum absolute atomic E-state index is 0.0360. The summed E-state index contributed by atoms with van der Waals surface area (Å²) in [6.07, 6.45) is 8.08. The van der Waals surface area contributed by atoms with E-state index in [0.29, 0.717) is 11.7 Å². The van der Waals surface area contributed by atoms with Gasteiger partial charge in [0.2, 0.25) is 11.7 Å². The molecule has 3 atom stereocenters. The Morgan fingerprint density at radius 3 is 2.57 bits per heavy atom. The molecule has 3 aromatic rings.